The Morgan fingerprint density at radius 2 is 0.960 bits per heavy atom. The average Bonchev–Trinajstić information content (AvgIpc) is 2.52. The highest BCUT2D eigenvalue weighted by Gasteiger charge is 2.02. The smallest absolute Gasteiger partial charge is 0.264 e. The maximum absolute atomic E-state index is 10.3. The minimum Gasteiger partial charge on any atom is -0.264 e. The molecule has 0 amide bonds. The molecule has 0 aromatic carbocycles. The van der Waals surface area contributed by atoms with E-state index < -0.39 is 10.4 Å². The topological polar surface area (TPSA) is 63.6 Å². The molecule has 0 aliphatic rings. The van der Waals surface area contributed by atoms with Crippen molar-refractivity contribution in [3.05, 3.63) is 0 Å². The zero-order valence-electron chi connectivity index (χ0n) is 15.4. The van der Waals surface area contributed by atoms with E-state index in [2.05, 4.69) is 4.18 Å². The Labute approximate surface area is 165 Å². The summed E-state index contributed by atoms with van der Waals surface area (Å²) in [7, 11) is -4.26. The van der Waals surface area contributed by atoms with Gasteiger partial charge in [0, 0.05) is 0 Å². The molecule has 7 heteroatoms. The fraction of sp³-hybridized carbons (Fsp3) is 1.00. The van der Waals surface area contributed by atoms with Gasteiger partial charge in [0.25, 0.3) is 0 Å². The predicted octanol–water partition coefficient (Wildman–Crippen LogP) is 6.85. The van der Waals surface area contributed by atoms with Gasteiger partial charge in [-0.25, -0.2) is 4.18 Å². The first kappa shape index (κ1) is 25.4. The van der Waals surface area contributed by atoms with Crippen LogP contribution in [0.15, 0.2) is 0 Å². The van der Waals surface area contributed by atoms with E-state index in [1.807, 2.05) is 0 Å². The van der Waals surface area contributed by atoms with Crippen LogP contribution in [0.3, 0.4) is 0 Å². The summed E-state index contributed by atoms with van der Waals surface area (Å²) in [6.07, 6.45) is 19.1. The lowest BCUT2D eigenvalue weighted by Crippen LogP contribution is -2.04. The zero-order valence-corrected chi connectivity index (χ0v) is 17.8. The highest BCUT2D eigenvalue weighted by molar-refractivity contribution is 7.80. The summed E-state index contributed by atoms with van der Waals surface area (Å²) in [4.78, 5) is -0.195. The van der Waals surface area contributed by atoms with Crippen molar-refractivity contribution in [2.45, 2.75) is 108 Å². The lowest BCUT2D eigenvalue weighted by molar-refractivity contribution is 0.261. The molecular formula is C18H36Cl2O4S. The normalized spacial score (nSPS) is 12.2. The molecule has 0 aliphatic heterocycles. The monoisotopic (exact) mass is 418 g/mol. The number of halogens is 2. The largest absolute Gasteiger partial charge is 0.397 e. The molecular weight excluding hydrogens is 383 g/mol. The second-order valence-electron chi connectivity index (χ2n) is 6.73. The van der Waals surface area contributed by atoms with Gasteiger partial charge in [0.05, 0.1) is 6.61 Å². The van der Waals surface area contributed by atoms with Crippen LogP contribution >= 0.6 is 23.2 Å². The van der Waals surface area contributed by atoms with Crippen molar-refractivity contribution in [1.29, 1.82) is 0 Å². The molecule has 0 heterocycles. The summed E-state index contributed by atoms with van der Waals surface area (Å²) < 4.78 is 33.4. The van der Waals surface area contributed by atoms with E-state index >= 15 is 0 Å². The zero-order chi connectivity index (χ0) is 18.8. The van der Waals surface area contributed by atoms with Crippen LogP contribution in [0.2, 0.25) is 0 Å². The van der Waals surface area contributed by atoms with E-state index in [4.69, 9.17) is 27.8 Å². The van der Waals surface area contributed by atoms with E-state index in [1.165, 1.54) is 70.6 Å². The Morgan fingerprint density at radius 1 is 0.640 bits per heavy atom. The van der Waals surface area contributed by atoms with E-state index in [0.29, 0.717) is 6.42 Å². The molecule has 0 bridgehead atoms. The maximum Gasteiger partial charge on any atom is 0.397 e. The molecule has 0 aromatic heterocycles. The lowest BCUT2D eigenvalue weighted by Gasteiger charge is -2.04. The fourth-order valence-corrected chi connectivity index (χ4v) is 3.50. The van der Waals surface area contributed by atoms with Gasteiger partial charge in [-0.2, -0.15) is 8.42 Å². The van der Waals surface area contributed by atoms with Gasteiger partial charge in [-0.3, -0.25) is 4.55 Å². The Balaban J connectivity index is 3.05. The summed E-state index contributed by atoms with van der Waals surface area (Å²) in [6.45, 7) is 0.0821. The van der Waals surface area contributed by atoms with Crippen LogP contribution in [0, 0.1) is 0 Å². The Kier molecular flexibility index (Phi) is 18.2. The number of alkyl halides is 2. The Morgan fingerprint density at radius 3 is 1.28 bits per heavy atom. The third-order valence-electron chi connectivity index (χ3n) is 4.30. The lowest BCUT2D eigenvalue weighted by atomic mass is 10.0. The number of hydrogen-bond acceptors (Lipinski definition) is 3. The molecule has 0 fully saturated rings. The summed E-state index contributed by atoms with van der Waals surface area (Å²) in [5.41, 5.74) is 0. The van der Waals surface area contributed by atoms with Gasteiger partial charge in [-0.15, -0.1) is 23.2 Å². The molecule has 4 nitrogen and oxygen atoms in total. The quantitative estimate of drug-likeness (QED) is 0.141. The maximum atomic E-state index is 10.3. The van der Waals surface area contributed by atoms with Crippen molar-refractivity contribution in [3.63, 3.8) is 0 Å². The van der Waals surface area contributed by atoms with Crippen molar-refractivity contribution < 1.29 is 17.2 Å². The van der Waals surface area contributed by atoms with Crippen molar-refractivity contribution in [2.24, 2.45) is 0 Å². The van der Waals surface area contributed by atoms with Gasteiger partial charge in [-0.05, 0) is 12.8 Å². The molecule has 0 aliphatic carbocycles. The minimum absolute atomic E-state index is 0.0821. The molecule has 152 valence electrons. The van der Waals surface area contributed by atoms with E-state index in [9.17, 15) is 8.42 Å². The van der Waals surface area contributed by atoms with Crippen LogP contribution in [-0.2, 0) is 14.6 Å². The van der Waals surface area contributed by atoms with Gasteiger partial charge in [-0.1, -0.05) is 89.9 Å². The molecule has 0 aromatic rings. The van der Waals surface area contributed by atoms with Crippen LogP contribution in [0.4, 0.5) is 0 Å². The minimum atomic E-state index is -4.26. The van der Waals surface area contributed by atoms with Crippen molar-refractivity contribution >= 4 is 33.6 Å². The van der Waals surface area contributed by atoms with Crippen molar-refractivity contribution in [3.8, 4) is 0 Å². The highest BCUT2D eigenvalue weighted by atomic mass is 35.5. The SMILES string of the molecule is O=S(=O)(O)OCCCCCCCCCCCCCCCCCC(Cl)Cl. The highest BCUT2D eigenvalue weighted by Crippen LogP contribution is 2.16. The summed E-state index contributed by atoms with van der Waals surface area (Å²) >= 11 is 11.4. The van der Waals surface area contributed by atoms with Gasteiger partial charge in [0.1, 0.15) is 4.84 Å². The predicted molar refractivity (Wildman–Crippen MR) is 107 cm³/mol. The molecule has 0 atom stereocenters. The second-order valence-corrected chi connectivity index (χ2v) is 9.10. The first-order valence-corrected chi connectivity index (χ1v) is 12.1. The van der Waals surface area contributed by atoms with E-state index in [-0.39, 0.29) is 11.4 Å². The van der Waals surface area contributed by atoms with Gasteiger partial charge >= 0.3 is 10.4 Å². The van der Waals surface area contributed by atoms with E-state index in [1.54, 1.807) is 0 Å². The molecule has 1 N–H and O–H groups in total. The van der Waals surface area contributed by atoms with Gasteiger partial charge < -0.3 is 0 Å². The van der Waals surface area contributed by atoms with Crippen LogP contribution in [0.1, 0.15) is 103 Å². The van der Waals surface area contributed by atoms with Crippen molar-refractivity contribution in [1.82, 2.24) is 0 Å². The van der Waals surface area contributed by atoms with Gasteiger partial charge in [0.15, 0.2) is 0 Å². The molecule has 0 radical (unpaired) electrons. The molecule has 0 rings (SSSR count). The third-order valence-corrected chi connectivity index (χ3v) is 5.20. The molecule has 25 heavy (non-hydrogen) atoms. The Bertz CT molecular complexity index is 375. The van der Waals surface area contributed by atoms with Crippen LogP contribution < -0.4 is 0 Å². The third kappa shape index (κ3) is 24.4. The standard InChI is InChI=1S/C18H36Cl2O4S/c19-18(20)16-14-12-10-8-6-4-2-1-3-5-7-9-11-13-15-17-24-25(21,22)23/h18H,1-17H2,(H,21,22,23). The molecule has 0 spiro atoms. The van der Waals surface area contributed by atoms with Crippen LogP contribution in [-0.4, -0.2) is 24.4 Å². The number of unbranched alkanes of at least 4 members (excludes halogenated alkanes) is 14. The van der Waals surface area contributed by atoms with Crippen LogP contribution in [0.5, 0.6) is 0 Å². The second kappa shape index (κ2) is 17.8. The number of hydrogen-bond donors (Lipinski definition) is 1. The number of rotatable bonds is 19. The summed E-state index contributed by atoms with van der Waals surface area (Å²) in [5, 5.41) is 0. The van der Waals surface area contributed by atoms with Crippen molar-refractivity contribution in [2.75, 3.05) is 6.61 Å². The molecule has 0 saturated heterocycles. The van der Waals surface area contributed by atoms with Crippen LogP contribution in [0.25, 0.3) is 0 Å². The average molecular weight is 419 g/mol. The fourth-order valence-electron chi connectivity index (χ4n) is 2.86. The molecule has 0 unspecified atom stereocenters. The Hall–Kier alpha value is 0.450. The first-order valence-electron chi connectivity index (χ1n) is 9.82. The van der Waals surface area contributed by atoms with E-state index in [0.717, 1.165) is 25.7 Å². The first-order chi connectivity index (χ1) is 11.9. The van der Waals surface area contributed by atoms with Gasteiger partial charge in [0.2, 0.25) is 0 Å². The summed E-state index contributed by atoms with van der Waals surface area (Å²) in [5.74, 6) is 0. The molecule has 0 saturated carbocycles. The summed E-state index contributed by atoms with van der Waals surface area (Å²) in [6, 6.07) is 0.